The maximum atomic E-state index is 13.3. The number of nitrogens with one attached hydrogen (secondary N) is 2. The number of carbonyl (C=O) groups is 2. The van der Waals surface area contributed by atoms with E-state index in [1.165, 1.54) is 35.8 Å². The highest BCUT2D eigenvalue weighted by Gasteiger charge is 2.26. The van der Waals surface area contributed by atoms with Gasteiger partial charge in [-0.1, -0.05) is 11.6 Å². The fourth-order valence-corrected chi connectivity index (χ4v) is 5.22. The van der Waals surface area contributed by atoms with Gasteiger partial charge in [0, 0.05) is 42.7 Å². The van der Waals surface area contributed by atoms with Crippen molar-refractivity contribution in [3.8, 4) is 0 Å². The number of amides is 3. The zero-order chi connectivity index (χ0) is 23.2. The van der Waals surface area contributed by atoms with Crippen LogP contribution < -0.4 is 10.6 Å². The van der Waals surface area contributed by atoms with Crippen LogP contribution in [0.5, 0.6) is 0 Å². The first-order chi connectivity index (χ1) is 16.0. The number of likely N-dealkylation sites (tertiary alicyclic amines) is 1. The number of rotatable bonds is 6. The van der Waals surface area contributed by atoms with Crippen molar-refractivity contribution in [2.45, 2.75) is 50.9 Å². The van der Waals surface area contributed by atoms with Gasteiger partial charge in [0.25, 0.3) is 5.91 Å². The first-order valence-corrected chi connectivity index (χ1v) is 12.3. The number of benzene rings is 1. The Labute approximate surface area is 196 Å². The van der Waals surface area contributed by atoms with Crippen LogP contribution in [0.1, 0.15) is 66.4 Å². The normalized spacial score (nSPS) is 16.9. The summed E-state index contributed by atoms with van der Waals surface area (Å²) in [5, 5.41) is 8.10. The molecule has 1 aliphatic heterocycles. The number of hydrogen-bond donors (Lipinski definition) is 2. The van der Waals surface area contributed by atoms with Crippen LogP contribution in [0.2, 0.25) is 0 Å². The van der Waals surface area contributed by atoms with E-state index in [4.69, 9.17) is 0 Å². The summed E-state index contributed by atoms with van der Waals surface area (Å²) in [4.78, 5) is 31.2. The third kappa shape index (κ3) is 6.16. The van der Waals surface area contributed by atoms with E-state index in [9.17, 15) is 18.4 Å². The topological polar surface area (TPSA) is 74.3 Å². The zero-order valence-electron chi connectivity index (χ0n) is 18.4. The number of piperidine rings is 1. The summed E-state index contributed by atoms with van der Waals surface area (Å²) in [6.45, 7) is 1.97. The van der Waals surface area contributed by atoms with Crippen LogP contribution in [0.3, 0.4) is 0 Å². The van der Waals surface area contributed by atoms with Crippen molar-refractivity contribution in [1.82, 2.24) is 15.2 Å². The van der Waals surface area contributed by atoms with Gasteiger partial charge in [0.2, 0.25) is 0 Å². The predicted octanol–water partition coefficient (Wildman–Crippen LogP) is 5.45. The fraction of sp³-hybridized carbons (Fsp3) is 0.458. The quantitative estimate of drug-likeness (QED) is 0.547. The minimum Gasteiger partial charge on any atom is -0.338 e. The Kier molecular flexibility index (Phi) is 7.69. The molecule has 1 aromatic carbocycles. The smallest absolute Gasteiger partial charge is 0.317 e. The van der Waals surface area contributed by atoms with Crippen LogP contribution in [-0.4, -0.2) is 41.5 Å². The molecule has 0 bridgehead atoms. The molecule has 2 aliphatic rings. The van der Waals surface area contributed by atoms with Gasteiger partial charge >= 0.3 is 6.03 Å². The van der Waals surface area contributed by atoms with Crippen molar-refractivity contribution < 1.29 is 18.4 Å². The fourth-order valence-electron chi connectivity index (χ4n) is 4.25. The Morgan fingerprint density at radius 3 is 2.70 bits per heavy atom. The average molecular weight is 475 g/mol. The number of urea groups is 1. The Morgan fingerprint density at radius 2 is 1.97 bits per heavy atom. The molecule has 6 nitrogen and oxygen atoms in total. The summed E-state index contributed by atoms with van der Waals surface area (Å²) in [6, 6.07) is 3.19. The second-order valence-corrected chi connectivity index (χ2v) is 9.40. The molecule has 176 valence electrons. The van der Waals surface area contributed by atoms with Gasteiger partial charge in [0.15, 0.2) is 11.6 Å². The van der Waals surface area contributed by atoms with E-state index in [-0.39, 0.29) is 23.3 Å². The van der Waals surface area contributed by atoms with E-state index in [0.717, 1.165) is 49.2 Å². The molecule has 2 heterocycles. The third-order valence-corrected chi connectivity index (χ3v) is 7.18. The van der Waals surface area contributed by atoms with E-state index in [1.807, 2.05) is 4.90 Å². The van der Waals surface area contributed by atoms with Crippen LogP contribution in [0.4, 0.5) is 19.3 Å². The molecule has 0 saturated carbocycles. The van der Waals surface area contributed by atoms with Crippen molar-refractivity contribution in [1.29, 1.82) is 0 Å². The number of halogens is 2. The maximum Gasteiger partial charge on any atom is 0.317 e. The Bertz CT molecular complexity index is 1030. The summed E-state index contributed by atoms with van der Waals surface area (Å²) in [7, 11) is 0. The number of anilines is 1. The Balaban J connectivity index is 1.23. The van der Waals surface area contributed by atoms with E-state index in [0.29, 0.717) is 19.6 Å². The van der Waals surface area contributed by atoms with Crippen molar-refractivity contribution in [2.75, 3.05) is 25.0 Å². The molecule has 2 aromatic rings. The average Bonchev–Trinajstić information content (AvgIpc) is 3.33. The van der Waals surface area contributed by atoms with Gasteiger partial charge in [-0.3, -0.25) is 4.79 Å². The van der Waals surface area contributed by atoms with Gasteiger partial charge in [0.1, 0.15) is 5.69 Å². The standard InChI is InChI=1S/C24H28F2N4O2S/c25-19-7-6-18(14-20(19)26)28-22(31)21-15-33-23(29-21)17-9-12-30(13-10-17)24(32)27-11-8-16-4-2-1-3-5-16/h4,6-7,14-15,17H,1-3,5,8-13H2,(H,27,32)(H,28,31). The first-order valence-electron chi connectivity index (χ1n) is 11.4. The molecule has 0 spiro atoms. The van der Waals surface area contributed by atoms with Gasteiger partial charge in [-0.05, 0) is 57.1 Å². The van der Waals surface area contributed by atoms with E-state index < -0.39 is 17.5 Å². The first kappa shape index (κ1) is 23.4. The number of aromatic nitrogens is 1. The Hall–Kier alpha value is -2.81. The molecule has 3 amide bonds. The second-order valence-electron chi connectivity index (χ2n) is 8.51. The molecule has 33 heavy (non-hydrogen) atoms. The maximum absolute atomic E-state index is 13.3. The highest BCUT2D eigenvalue weighted by Crippen LogP contribution is 2.30. The molecular weight excluding hydrogens is 446 g/mol. The summed E-state index contributed by atoms with van der Waals surface area (Å²) < 4.78 is 26.4. The molecule has 0 unspecified atom stereocenters. The summed E-state index contributed by atoms with van der Waals surface area (Å²) in [5.74, 6) is -2.26. The van der Waals surface area contributed by atoms with Gasteiger partial charge in [-0.15, -0.1) is 11.3 Å². The lowest BCUT2D eigenvalue weighted by atomic mass is 9.97. The molecule has 1 aromatic heterocycles. The van der Waals surface area contributed by atoms with Crippen LogP contribution in [0.25, 0.3) is 0 Å². The largest absolute Gasteiger partial charge is 0.338 e. The van der Waals surface area contributed by atoms with E-state index >= 15 is 0 Å². The minimum atomic E-state index is -1.02. The number of allylic oxidation sites excluding steroid dienone is 1. The van der Waals surface area contributed by atoms with Gasteiger partial charge in [0.05, 0.1) is 5.01 Å². The molecule has 2 N–H and O–H groups in total. The number of hydrogen-bond acceptors (Lipinski definition) is 4. The van der Waals surface area contributed by atoms with E-state index in [2.05, 4.69) is 21.7 Å². The highest BCUT2D eigenvalue weighted by molar-refractivity contribution is 7.10. The van der Waals surface area contributed by atoms with Crippen molar-refractivity contribution in [2.24, 2.45) is 0 Å². The third-order valence-electron chi connectivity index (χ3n) is 6.17. The summed E-state index contributed by atoms with van der Waals surface area (Å²) in [6.07, 6.45) is 9.63. The predicted molar refractivity (Wildman–Crippen MR) is 125 cm³/mol. The molecular formula is C24H28F2N4O2S. The molecule has 0 radical (unpaired) electrons. The lowest BCUT2D eigenvalue weighted by molar-refractivity contribution is 0.102. The molecule has 4 rings (SSSR count). The van der Waals surface area contributed by atoms with Gasteiger partial charge < -0.3 is 15.5 Å². The van der Waals surface area contributed by atoms with Crippen molar-refractivity contribution >= 4 is 29.0 Å². The van der Waals surface area contributed by atoms with Crippen LogP contribution in [0, 0.1) is 11.6 Å². The van der Waals surface area contributed by atoms with Crippen LogP contribution >= 0.6 is 11.3 Å². The number of nitrogens with zero attached hydrogens (tertiary/aromatic N) is 2. The minimum absolute atomic E-state index is 0.0180. The lowest BCUT2D eigenvalue weighted by Crippen LogP contribution is -2.44. The van der Waals surface area contributed by atoms with Crippen molar-refractivity contribution in [3.63, 3.8) is 0 Å². The van der Waals surface area contributed by atoms with Crippen molar-refractivity contribution in [3.05, 3.63) is 57.6 Å². The molecule has 9 heteroatoms. The Morgan fingerprint density at radius 1 is 1.15 bits per heavy atom. The van der Waals surface area contributed by atoms with Gasteiger partial charge in [-0.2, -0.15) is 0 Å². The summed E-state index contributed by atoms with van der Waals surface area (Å²) in [5.41, 5.74) is 1.87. The number of carbonyl (C=O) groups excluding carboxylic acids is 2. The SMILES string of the molecule is O=C(Nc1ccc(F)c(F)c1)c1csc(C2CCN(C(=O)NCCC3=CCCCC3)CC2)n1. The monoisotopic (exact) mass is 474 g/mol. The van der Waals surface area contributed by atoms with Crippen LogP contribution in [0.15, 0.2) is 35.2 Å². The van der Waals surface area contributed by atoms with Crippen LogP contribution in [-0.2, 0) is 0 Å². The van der Waals surface area contributed by atoms with Gasteiger partial charge in [-0.25, -0.2) is 18.6 Å². The number of thiazole rings is 1. The summed E-state index contributed by atoms with van der Waals surface area (Å²) >= 11 is 1.41. The molecule has 1 fully saturated rings. The second kappa shape index (κ2) is 10.9. The molecule has 1 saturated heterocycles. The highest BCUT2D eigenvalue weighted by atomic mass is 32.1. The van der Waals surface area contributed by atoms with E-state index in [1.54, 1.807) is 5.38 Å². The molecule has 1 aliphatic carbocycles. The molecule has 0 atom stereocenters. The zero-order valence-corrected chi connectivity index (χ0v) is 19.2. The lowest BCUT2D eigenvalue weighted by Gasteiger charge is -2.31.